The zero-order chi connectivity index (χ0) is 17.3. The van der Waals surface area contributed by atoms with Crippen molar-refractivity contribution in [2.45, 2.75) is 19.9 Å². The van der Waals surface area contributed by atoms with Crippen LogP contribution in [0.1, 0.15) is 27.3 Å². The minimum atomic E-state index is -0.410. The van der Waals surface area contributed by atoms with Crippen molar-refractivity contribution in [2.75, 3.05) is 20.8 Å². The SMILES string of the molecule is COc1cc2c(cc1OC)CN(C(=O)c1ccc(F)c(C)n1)CC2. The molecule has 0 radical (unpaired) electrons. The zero-order valence-corrected chi connectivity index (χ0v) is 13.9. The molecule has 5 nitrogen and oxygen atoms in total. The van der Waals surface area contributed by atoms with Crippen molar-refractivity contribution < 1.29 is 18.7 Å². The number of carbonyl (C=O) groups excluding carboxylic acids is 1. The van der Waals surface area contributed by atoms with E-state index in [1.807, 2.05) is 12.1 Å². The van der Waals surface area contributed by atoms with Crippen LogP contribution >= 0.6 is 0 Å². The normalized spacial score (nSPS) is 13.4. The molecule has 0 aliphatic carbocycles. The minimum Gasteiger partial charge on any atom is -0.493 e. The Bertz CT molecular complexity index is 792. The van der Waals surface area contributed by atoms with Gasteiger partial charge in [-0.3, -0.25) is 4.79 Å². The van der Waals surface area contributed by atoms with E-state index in [1.165, 1.54) is 12.1 Å². The number of carbonyl (C=O) groups is 1. The number of aryl methyl sites for hydroxylation is 1. The number of benzene rings is 1. The molecule has 1 aliphatic heterocycles. The molecule has 0 fully saturated rings. The molecular formula is C18H19FN2O3. The zero-order valence-electron chi connectivity index (χ0n) is 13.9. The highest BCUT2D eigenvalue weighted by molar-refractivity contribution is 5.92. The molecule has 1 amide bonds. The largest absolute Gasteiger partial charge is 0.493 e. The van der Waals surface area contributed by atoms with E-state index in [-0.39, 0.29) is 17.3 Å². The maximum atomic E-state index is 13.3. The summed E-state index contributed by atoms with van der Waals surface area (Å²) in [5.41, 5.74) is 2.65. The lowest BCUT2D eigenvalue weighted by Gasteiger charge is -2.29. The third-order valence-electron chi connectivity index (χ3n) is 4.25. The number of amides is 1. The Kier molecular flexibility index (Phi) is 4.38. The fraction of sp³-hybridized carbons (Fsp3) is 0.333. The molecular weight excluding hydrogens is 311 g/mol. The van der Waals surface area contributed by atoms with Crippen LogP contribution in [0.15, 0.2) is 24.3 Å². The van der Waals surface area contributed by atoms with Crippen molar-refractivity contribution in [3.8, 4) is 11.5 Å². The molecule has 1 aromatic carbocycles. The van der Waals surface area contributed by atoms with Gasteiger partial charge in [-0.25, -0.2) is 9.37 Å². The van der Waals surface area contributed by atoms with Gasteiger partial charge in [-0.2, -0.15) is 0 Å². The van der Waals surface area contributed by atoms with Gasteiger partial charge < -0.3 is 14.4 Å². The second-order valence-corrected chi connectivity index (χ2v) is 5.72. The molecule has 0 saturated heterocycles. The van der Waals surface area contributed by atoms with E-state index in [1.54, 1.807) is 26.0 Å². The molecule has 1 aliphatic rings. The van der Waals surface area contributed by atoms with Crippen LogP contribution in [-0.2, 0) is 13.0 Å². The first kappa shape index (κ1) is 16.2. The first-order chi connectivity index (χ1) is 11.5. The van der Waals surface area contributed by atoms with Gasteiger partial charge in [0.05, 0.1) is 19.9 Å². The Hall–Kier alpha value is -2.63. The summed E-state index contributed by atoms with van der Waals surface area (Å²) in [5.74, 6) is 0.721. The molecule has 0 atom stereocenters. The average Bonchev–Trinajstić information content (AvgIpc) is 2.61. The third-order valence-corrected chi connectivity index (χ3v) is 4.25. The van der Waals surface area contributed by atoms with Crippen LogP contribution in [0.3, 0.4) is 0 Å². The molecule has 2 heterocycles. The number of pyridine rings is 1. The number of aromatic nitrogens is 1. The highest BCUT2D eigenvalue weighted by Gasteiger charge is 2.24. The van der Waals surface area contributed by atoms with Crippen molar-refractivity contribution in [3.05, 3.63) is 52.6 Å². The first-order valence-corrected chi connectivity index (χ1v) is 7.69. The van der Waals surface area contributed by atoms with Crippen molar-refractivity contribution in [1.82, 2.24) is 9.88 Å². The molecule has 2 aromatic rings. The predicted octanol–water partition coefficient (Wildman–Crippen LogP) is 2.74. The maximum Gasteiger partial charge on any atom is 0.272 e. The minimum absolute atomic E-state index is 0.196. The summed E-state index contributed by atoms with van der Waals surface area (Å²) in [7, 11) is 3.19. The van der Waals surface area contributed by atoms with Crippen LogP contribution in [-0.4, -0.2) is 36.6 Å². The lowest BCUT2D eigenvalue weighted by Crippen LogP contribution is -2.36. The Morgan fingerprint density at radius 3 is 2.46 bits per heavy atom. The van der Waals surface area contributed by atoms with Gasteiger partial charge in [-0.05, 0) is 48.7 Å². The number of methoxy groups -OCH3 is 2. The first-order valence-electron chi connectivity index (χ1n) is 7.69. The molecule has 1 aromatic heterocycles. The number of ether oxygens (including phenoxy) is 2. The lowest BCUT2D eigenvalue weighted by molar-refractivity contribution is 0.0728. The molecule has 0 spiro atoms. The summed E-state index contributed by atoms with van der Waals surface area (Å²) in [4.78, 5) is 18.4. The molecule has 126 valence electrons. The Balaban J connectivity index is 1.86. The molecule has 0 unspecified atom stereocenters. The third kappa shape index (κ3) is 2.91. The lowest BCUT2D eigenvalue weighted by atomic mass is 9.98. The summed E-state index contributed by atoms with van der Waals surface area (Å²) in [6, 6.07) is 6.56. The fourth-order valence-corrected chi connectivity index (χ4v) is 2.88. The monoisotopic (exact) mass is 330 g/mol. The van der Waals surface area contributed by atoms with Crippen molar-refractivity contribution in [1.29, 1.82) is 0 Å². The topological polar surface area (TPSA) is 51.7 Å². The van der Waals surface area contributed by atoms with E-state index in [2.05, 4.69) is 4.98 Å². The quantitative estimate of drug-likeness (QED) is 0.868. The molecule has 6 heteroatoms. The summed E-state index contributed by atoms with van der Waals surface area (Å²) in [5, 5.41) is 0. The molecule has 0 saturated carbocycles. The fourth-order valence-electron chi connectivity index (χ4n) is 2.88. The van der Waals surface area contributed by atoms with Gasteiger partial charge >= 0.3 is 0 Å². The van der Waals surface area contributed by atoms with Gasteiger partial charge in [0.25, 0.3) is 5.91 Å². The smallest absolute Gasteiger partial charge is 0.272 e. The van der Waals surface area contributed by atoms with E-state index < -0.39 is 5.82 Å². The number of hydrogen-bond acceptors (Lipinski definition) is 4. The Morgan fingerprint density at radius 1 is 1.17 bits per heavy atom. The van der Waals surface area contributed by atoms with Crippen LogP contribution in [0.4, 0.5) is 4.39 Å². The number of hydrogen-bond donors (Lipinski definition) is 0. The number of rotatable bonds is 3. The van der Waals surface area contributed by atoms with E-state index in [0.29, 0.717) is 24.6 Å². The Labute approximate surface area is 140 Å². The highest BCUT2D eigenvalue weighted by Crippen LogP contribution is 2.33. The van der Waals surface area contributed by atoms with Crippen molar-refractivity contribution in [3.63, 3.8) is 0 Å². The van der Waals surface area contributed by atoms with Crippen LogP contribution in [0.2, 0.25) is 0 Å². The molecule has 24 heavy (non-hydrogen) atoms. The number of nitrogens with zero attached hydrogens (tertiary/aromatic N) is 2. The summed E-state index contributed by atoms with van der Waals surface area (Å²) in [6.45, 7) is 2.60. The van der Waals surface area contributed by atoms with Gasteiger partial charge in [0.2, 0.25) is 0 Å². The van der Waals surface area contributed by atoms with Crippen molar-refractivity contribution in [2.24, 2.45) is 0 Å². The van der Waals surface area contributed by atoms with Crippen LogP contribution in [0, 0.1) is 12.7 Å². The Morgan fingerprint density at radius 2 is 1.83 bits per heavy atom. The number of halogens is 1. The van der Waals surface area contributed by atoms with Crippen LogP contribution < -0.4 is 9.47 Å². The molecule has 0 N–H and O–H groups in total. The van der Waals surface area contributed by atoms with E-state index in [4.69, 9.17) is 9.47 Å². The van der Waals surface area contributed by atoms with E-state index >= 15 is 0 Å². The average molecular weight is 330 g/mol. The summed E-state index contributed by atoms with van der Waals surface area (Å²) < 4.78 is 24.0. The van der Waals surface area contributed by atoms with E-state index in [0.717, 1.165) is 17.5 Å². The van der Waals surface area contributed by atoms with E-state index in [9.17, 15) is 9.18 Å². The van der Waals surface area contributed by atoms with Gasteiger partial charge in [-0.1, -0.05) is 0 Å². The molecule has 0 bridgehead atoms. The maximum absolute atomic E-state index is 13.3. The van der Waals surface area contributed by atoms with Gasteiger partial charge in [0.15, 0.2) is 11.5 Å². The summed E-state index contributed by atoms with van der Waals surface area (Å²) in [6.07, 6.45) is 0.724. The number of fused-ring (bicyclic) bond motifs is 1. The standard InChI is InChI=1S/C18H19FN2O3/c1-11-14(19)4-5-15(20-11)18(22)21-7-6-12-8-16(23-2)17(24-3)9-13(12)10-21/h4-5,8-9H,6-7,10H2,1-3H3. The van der Waals surface area contributed by atoms with Gasteiger partial charge in [0.1, 0.15) is 11.5 Å². The predicted molar refractivity (Wildman–Crippen MR) is 86.9 cm³/mol. The molecule has 3 rings (SSSR count). The summed E-state index contributed by atoms with van der Waals surface area (Å²) >= 11 is 0. The highest BCUT2D eigenvalue weighted by atomic mass is 19.1. The van der Waals surface area contributed by atoms with Gasteiger partial charge in [0, 0.05) is 13.1 Å². The second-order valence-electron chi connectivity index (χ2n) is 5.72. The van der Waals surface area contributed by atoms with Gasteiger partial charge in [-0.15, -0.1) is 0 Å². The second kappa shape index (κ2) is 6.47. The van der Waals surface area contributed by atoms with Crippen LogP contribution in [0.25, 0.3) is 0 Å². The van der Waals surface area contributed by atoms with Crippen LogP contribution in [0.5, 0.6) is 11.5 Å². The van der Waals surface area contributed by atoms with Crippen molar-refractivity contribution >= 4 is 5.91 Å².